The van der Waals surface area contributed by atoms with Crippen LogP contribution in [0.5, 0.6) is 5.75 Å². The molecule has 3 aromatic carbocycles. The number of nitrogens with zero attached hydrogens (tertiary/aromatic N) is 2. The lowest BCUT2D eigenvalue weighted by Gasteiger charge is -2.11. The Labute approximate surface area is 204 Å². The Morgan fingerprint density at radius 2 is 1.74 bits per heavy atom. The Kier molecular flexibility index (Phi) is 6.96. The largest absolute Gasteiger partial charge is 0.497 e. The van der Waals surface area contributed by atoms with Crippen molar-refractivity contribution >= 4 is 17.5 Å². The molecule has 0 fully saturated rings. The van der Waals surface area contributed by atoms with Crippen LogP contribution < -0.4 is 15.4 Å². The Hall–Kier alpha value is -4.39. The topological polar surface area (TPSA) is 85.3 Å². The molecule has 7 nitrogen and oxygen atoms in total. The molecule has 1 heterocycles. The van der Waals surface area contributed by atoms with Crippen LogP contribution in [0.2, 0.25) is 0 Å². The number of anilines is 1. The lowest BCUT2D eigenvalue weighted by Crippen LogP contribution is -2.23. The van der Waals surface area contributed by atoms with Crippen LogP contribution in [0.1, 0.15) is 38.8 Å². The summed E-state index contributed by atoms with van der Waals surface area (Å²) in [7, 11) is 1.60. The number of nitrogens with one attached hydrogen (secondary N) is 2. The van der Waals surface area contributed by atoms with Gasteiger partial charge >= 0.3 is 0 Å². The molecular weight excluding hydrogens is 440 g/mol. The molecule has 0 bridgehead atoms. The number of carbonyl (C=O) groups is 2. The first-order chi connectivity index (χ1) is 16.9. The summed E-state index contributed by atoms with van der Waals surface area (Å²) in [5.74, 6) is 0.161. The van der Waals surface area contributed by atoms with E-state index >= 15 is 0 Å². The van der Waals surface area contributed by atoms with Gasteiger partial charge in [0.15, 0.2) is 0 Å². The minimum absolute atomic E-state index is 0.188. The summed E-state index contributed by atoms with van der Waals surface area (Å²) in [5, 5.41) is 10.5. The molecule has 2 amide bonds. The van der Waals surface area contributed by atoms with Crippen LogP contribution in [0.4, 0.5) is 5.69 Å². The van der Waals surface area contributed by atoms with Crippen LogP contribution in [-0.2, 0) is 0 Å². The number of aryl methyl sites for hydroxylation is 2. The highest BCUT2D eigenvalue weighted by Crippen LogP contribution is 2.28. The number of hydrogen-bond acceptors (Lipinski definition) is 4. The molecule has 0 unspecified atom stereocenters. The Balaban J connectivity index is 1.75. The van der Waals surface area contributed by atoms with Crippen molar-refractivity contribution in [1.29, 1.82) is 0 Å². The predicted octanol–water partition coefficient (Wildman–Crippen LogP) is 5.17. The first kappa shape index (κ1) is 23.8. The number of amides is 2. The van der Waals surface area contributed by atoms with E-state index in [1.54, 1.807) is 30.1 Å². The van der Waals surface area contributed by atoms with Crippen molar-refractivity contribution < 1.29 is 14.3 Å². The van der Waals surface area contributed by atoms with Crippen LogP contribution in [0.15, 0.2) is 72.9 Å². The van der Waals surface area contributed by atoms with Gasteiger partial charge in [-0.1, -0.05) is 35.9 Å². The van der Waals surface area contributed by atoms with E-state index in [-0.39, 0.29) is 11.8 Å². The fourth-order valence-corrected chi connectivity index (χ4v) is 3.70. The molecule has 0 atom stereocenters. The fraction of sp³-hybridized carbons (Fsp3) is 0.179. The molecule has 2 N–H and O–H groups in total. The number of benzene rings is 3. The number of methoxy groups -OCH3 is 1. The summed E-state index contributed by atoms with van der Waals surface area (Å²) in [6.07, 6.45) is 1.72. The molecule has 7 heteroatoms. The van der Waals surface area contributed by atoms with Gasteiger partial charge in [-0.3, -0.25) is 9.59 Å². The molecule has 0 aliphatic rings. The quantitative estimate of drug-likeness (QED) is 0.392. The maximum atomic E-state index is 13.5. The second-order valence-corrected chi connectivity index (χ2v) is 8.25. The third-order valence-electron chi connectivity index (χ3n) is 5.69. The van der Waals surface area contributed by atoms with Crippen molar-refractivity contribution in [2.75, 3.05) is 19.0 Å². The van der Waals surface area contributed by atoms with Crippen LogP contribution in [0, 0.1) is 13.8 Å². The summed E-state index contributed by atoms with van der Waals surface area (Å²) >= 11 is 0. The smallest absolute Gasteiger partial charge is 0.259 e. The van der Waals surface area contributed by atoms with Gasteiger partial charge in [0.25, 0.3) is 11.8 Å². The molecule has 178 valence electrons. The molecule has 0 spiro atoms. The zero-order valence-corrected chi connectivity index (χ0v) is 20.3. The Morgan fingerprint density at radius 1 is 0.971 bits per heavy atom. The van der Waals surface area contributed by atoms with Gasteiger partial charge in [-0.05, 0) is 62.7 Å². The summed E-state index contributed by atoms with van der Waals surface area (Å²) in [6.45, 7) is 6.29. The Bertz CT molecular complexity index is 1370. The van der Waals surface area contributed by atoms with Gasteiger partial charge < -0.3 is 15.4 Å². The standard InChI is InChI=1S/C28H28N4O3/c1-5-29-27(33)21-12-11-19(3)25(16-21)30-28(34)24-17-32(22-13-9-18(2)10-14-22)31-26(24)20-7-6-8-23(15-20)35-4/h6-17H,5H2,1-4H3,(H,29,33)(H,30,34). The fourth-order valence-electron chi connectivity index (χ4n) is 3.70. The summed E-state index contributed by atoms with van der Waals surface area (Å²) in [4.78, 5) is 25.8. The molecule has 35 heavy (non-hydrogen) atoms. The van der Waals surface area contributed by atoms with Gasteiger partial charge in [-0.25, -0.2) is 4.68 Å². The molecule has 0 radical (unpaired) electrons. The molecular formula is C28H28N4O3. The van der Waals surface area contributed by atoms with Gasteiger partial charge in [-0.2, -0.15) is 5.10 Å². The highest BCUT2D eigenvalue weighted by molar-refractivity contribution is 6.09. The number of rotatable bonds is 7. The molecule has 0 saturated carbocycles. The van der Waals surface area contributed by atoms with Crippen molar-refractivity contribution in [1.82, 2.24) is 15.1 Å². The van der Waals surface area contributed by atoms with Gasteiger partial charge in [0, 0.05) is 29.6 Å². The van der Waals surface area contributed by atoms with Gasteiger partial charge in [0.1, 0.15) is 11.4 Å². The summed E-state index contributed by atoms with van der Waals surface area (Å²) in [6, 6.07) is 20.6. The highest BCUT2D eigenvalue weighted by Gasteiger charge is 2.20. The SMILES string of the molecule is CCNC(=O)c1ccc(C)c(NC(=O)c2cn(-c3ccc(C)cc3)nc2-c2cccc(OC)c2)c1. The third kappa shape index (κ3) is 5.24. The minimum atomic E-state index is -0.322. The maximum Gasteiger partial charge on any atom is 0.259 e. The van der Waals surface area contributed by atoms with E-state index in [2.05, 4.69) is 10.6 Å². The van der Waals surface area contributed by atoms with Crippen LogP contribution in [0.25, 0.3) is 16.9 Å². The second-order valence-electron chi connectivity index (χ2n) is 8.25. The van der Waals surface area contributed by atoms with Crippen molar-refractivity contribution in [2.24, 2.45) is 0 Å². The first-order valence-electron chi connectivity index (χ1n) is 11.4. The molecule has 0 aliphatic heterocycles. The molecule has 4 aromatic rings. The molecule has 0 saturated heterocycles. The summed E-state index contributed by atoms with van der Waals surface area (Å²) in [5.41, 5.74) is 5.56. The van der Waals surface area contributed by atoms with Crippen molar-refractivity contribution in [2.45, 2.75) is 20.8 Å². The number of aromatic nitrogens is 2. The number of hydrogen-bond donors (Lipinski definition) is 2. The number of ether oxygens (including phenoxy) is 1. The highest BCUT2D eigenvalue weighted by atomic mass is 16.5. The van der Waals surface area contributed by atoms with Gasteiger partial charge in [0.2, 0.25) is 0 Å². The van der Waals surface area contributed by atoms with Crippen LogP contribution >= 0.6 is 0 Å². The van der Waals surface area contributed by atoms with Gasteiger partial charge in [-0.15, -0.1) is 0 Å². The average Bonchev–Trinajstić information content (AvgIpc) is 3.32. The monoisotopic (exact) mass is 468 g/mol. The normalized spacial score (nSPS) is 10.6. The third-order valence-corrected chi connectivity index (χ3v) is 5.69. The number of carbonyl (C=O) groups excluding carboxylic acids is 2. The molecule has 0 aliphatic carbocycles. The maximum absolute atomic E-state index is 13.5. The molecule has 1 aromatic heterocycles. The van der Waals surface area contributed by atoms with E-state index in [1.807, 2.05) is 75.4 Å². The van der Waals surface area contributed by atoms with E-state index < -0.39 is 0 Å². The van der Waals surface area contributed by atoms with Crippen molar-refractivity contribution in [3.63, 3.8) is 0 Å². The van der Waals surface area contributed by atoms with E-state index in [9.17, 15) is 9.59 Å². The van der Waals surface area contributed by atoms with Crippen molar-refractivity contribution in [3.8, 4) is 22.7 Å². The van der Waals surface area contributed by atoms with Crippen LogP contribution in [0.3, 0.4) is 0 Å². The first-order valence-corrected chi connectivity index (χ1v) is 11.4. The Morgan fingerprint density at radius 3 is 2.46 bits per heavy atom. The van der Waals surface area contributed by atoms with Crippen molar-refractivity contribution in [3.05, 3.63) is 95.2 Å². The predicted molar refractivity (Wildman–Crippen MR) is 137 cm³/mol. The van der Waals surface area contributed by atoms with E-state index in [1.165, 1.54) is 0 Å². The molecule has 4 rings (SSSR count). The lowest BCUT2D eigenvalue weighted by molar-refractivity contribution is 0.0954. The summed E-state index contributed by atoms with van der Waals surface area (Å²) < 4.78 is 7.07. The zero-order chi connectivity index (χ0) is 24.9. The van der Waals surface area contributed by atoms with E-state index in [4.69, 9.17) is 9.84 Å². The van der Waals surface area contributed by atoms with E-state index in [0.717, 1.165) is 22.4 Å². The average molecular weight is 469 g/mol. The zero-order valence-electron chi connectivity index (χ0n) is 20.3. The van der Waals surface area contributed by atoms with E-state index in [0.29, 0.717) is 34.8 Å². The lowest BCUT2D eigenvalue weighted by atomic mass is 10.1. The second kappa shape index (κ2) is 10.3. The van der Waals surface area contributed by atoms with Gasteiger partial charge in [0.05, 0.1) is 18.4 Å². The van der Waals surface area contributed by atoms with Crippen LogP contribution in [-0.4, -0.2) is 35.2 Å². The minimum Gasteiger partial charge on any atom is -0.497 e.